The maximum atomic E-state index is 12.1. The van der Waals surface area contributed by atoms with Gasteiger partial charge in [-0.2, -0.15) is 13.2 Å². The van der Waals surface area contributed by atoms with Crippen molar-refractivity contribution < 1.29 is 27.4 Å². The van der Waals surface area contributed by atoms with Crippen molar-refractivity contribution >= 4 is 21.7 Å². The Bertz CT molecular complexity index is 472. The Labute approximate surface area is 116 Å². The fraction of sp³-hybridized carbons (Fsp3) is 0.417. The molecule has 106 valence electrons. The van der Waals surface area contributed by atoms with Gasteiger partial charge in [-0.25, -0.2) is 0 Å². The van der Waals surface area contributed by atoms with Gasteiger partial charge in [0.1, 0.15) is 11.5 Å². The molecule has 0 aliphatic rings. The van der Waals surface area contributed by atoms with Crippen LogP contribution in [0.15, 0.2) is 16.6 Å². The number of carbonyl (C=O) groups excluding carboxylic acids is 1. The molecule has 0 amide bonds. The van der Waals surface area contributed by atoms with Crippen LogP contribution in [-0.4, -0.2) is 26.2 Å². The van der Waals surface area contributed by atoms with Gasteiger partial charge in [0.15, 0.2) is 5.78 Å². The third kappa shape index (κ3) is 4.41. The van der Waals surface area contributed by atoms with Crippen molar-refractivity contribution in [1.82, 2.24) is 0 Å². The van der Waals surface area contributed by atoms with Gasteiger partial charge in [-0.15, -0.1) is 0 Å². The van der Waals surface area contributed by atoms with E-state index in [2.05, 4.69) is 15.9 Å². The Hall–Kier alpha value is -1.24. The summed E-state index contributed by atoms with van der Waals surface area (Å²) in [5.74, 6) is -0.0156. The summed E-state index contributed by atoms with van der Waals surface area (Å²) in [6.45, 7) is 0. The molecule has 0 bridgehead atoms. The van der Waals surface area contributed by atoms with Crippen LogP contribution in [0.3, 0.4) is 0 Å². The fourth-order valence-corrected chi connectivity index (χ4v) is 2.13. The second-order valence-electron chi connectivity index (χ2n) is 3.72. The molecule has 19 heavy (non-hydrogen) atoms. The average molecular weight is 341 g/mol. The molecule has 0 radical (unpaired) electrons. The standard InChI is InChI=1S/C12H12BrF3O3/c1-18-7-5-8(13)11(10(6-7)19-2)9(17)3-4-12(14,15)16/h5-6H,3-4H2,1-2H3. The number of carbonyl (C=O) groups is 1. The third-order valence-electron chi connectivity index (χ3n) is 2.40. The Morgan fingerprint density at radius 2 is 1.89 bits per heavy atom. The molecule has 0 heterocycles. The summed E-state index contributed by atoms with van der Waals surface area (Å²) in [4.78, 5) is 11.8. The van der Waals surface area contributed by atoms with E-state index in [0.29, 0.717) is 10.2 Å². The second-order valence-corrected chi connectivity index (χ2v) is 4.58. The van der Waals surface area contributed by atoms with E-state index in [-0.39, 0.29) is 11.3 Å². The topological polar surface area (TPSA) is 35.5 Å². The summed E-state index contributed by atoms with van der Waals surface area (Å²) in [7, 11) is 2.77. The summed E-state index contributed by atoms with van der Waals surface area (Å²) in [5.41, 5.74) is 0.0903. The molecule has 1 aromatic rings. The fourth-order valence-electron chi connectivity index (χ4n) is 1.49. The van der Waals surface area contributed by atoms with E-state index in [1.807, 2.05) is 0 Å². The lowest BCUT2D eigenvalue weighted by molar-refractivity contribution is -0.133. The SMILES string of the molecule is COc1cc(Br)c(C(=O)CCC(F)(F)F)c(OC)c1. The van der Waals surface area contributed by atoms with E-state index in [4.69, 9.17) is 9.47 Å². The van der Waals surface area contributed by atoms with Crippen molar-refractivity contribution in [3.8, 4) is 11.5 Å². The molecule has 0 spiro atoms. The Balaban J connectivity index is 3.02. The highest BCUT2D eigenvalue weighted by atomic mass is 79.9. The van der Waals surface area contributed by atoms with E-state index in [1.54, 1.807) is 0 Å². The first-order valence-corrected chi connectivity index (χ1v) is 6.09. The van der Waals surface area contributed by atoms with E-state index in [9.17, 15) is 18.0 Å². The lowest BCUT2D eigenvalue weighted by Gasteiger charge is -2.12. The first-order chi connectivity index (χ1) is 8.78. The predicted octanol–water partition coefficient (Wildman–Crippen LogP) is 3.99. The van der Waals surface area contributed by atoms with Crippen molar-refractivity contribution in [1.29, 1.82) is 0 Å². The molecular formula is C12H12BrF3O3. The molecule has 0 aliphatic heterocycles. The second kappa shape index (κ2) is 6.27. The zero-order chi connectivity index (χ0) is 14.6. The number of ketones is 1. The number of alkyl halides is 3. The number of methoxy groups -OCH3 is 2. The van der Waals surface area contributed by atoms with Crippen LogP contribution in [0.5, 0.6) is 11.5 Å². The Kier molecular flexibility index (Phi) is 5.22. The smallest absolute Gasteiger partial charge is 0.389 e. The molecule has 3 nitrogen and oxygen atoms in total. The number of rotatable bonds is 5. The first kappa shape index (κ1) is 15.8. The summed E-state index contributed by atoms with van der Waals surface area (Å²) in [5, 5.41) is 0. The van der Waals surface area contributed by atoms with Crippen LogP contribution in [0.2, 0.25) is 0 Å². The van der Waals surface area contributed by atoms with Crippen molar-refractivity contribution in [2.45, 2.75) is 19.0 Å². The Morgan fingerprint density at radius 3 is 2.37 bits per heavy atom. The van der Waals surface area contributed by atoms with Gasteiger partial charge in [0, 0.05) is 17.0 Å². The molecule has 0 aromatic heterocycles. The maximum Gasteiger partial charge on any atom is 0.389 e. The quantitative estimate of drug-likeness (QED) is 0.760. The van der Waals surface area contributed by atoms with E-state index >= 15 is 0 Å². The number of hydrogen-bond acceptors (Lipinski definition) is 3. The molecule has 1 rings (SSSR count). The van der Waals surface area contributed by atoms with Gasteiger partial charge < -0.3 is 9.47 Å². The minimum Gasteiger partial charge on any atom is -0.497 e. The summed E-state index contributed by atoms with van der Waals surface area (Å²) in [6, 6.07) is 2.95. The molecule has 0 saturated heterocycles. The lowest BCUT2D eigenvalue weighted by atomic mass is 10.0. The van der Waals surface area contributed by atoms with Crippen molar-refractivity contribution in [2.75, 3.05) is 14.2 Å². The Morgan fingerprint density at radius 1 is 1.26 bits per heavy atom. The average Bonchev–Trinajstić information content (AvgIpc) is 2.33. The van der Waals surface area contributed by atoms with Crippen LogP contribution in [-0.2, 0) is 0 Å². The highest BCUT2D eigenvalue weighted by Crippen LogP contribution is 2.34. The maximum absolute atomic E-state index is 12.1. The molecule has 0 saturated carbocycles. The molecule has 0 unspecified atom stereocenters. The van der Waals surface area contributed by atoms with E-state index < -0.39 is 24.8 Å². The molecular weight excluding hydrogens is 329 g/mol. The minimum atomic E-state index is -4.36. The van der Waals surface area contributed by atoms with Crippen LogP contribution in [0, 0.1) is 0 Å². The number of benzene rings is 1. The molecule has 1 aromatic carbocycles. The summed E-state index contributed by atoms with van der Waals surface area (Å²) >= 11 is 3.14. The predicted molar refractivity (Wildman–Crippen MR) is 66.9 cm³/mol. The largest absolute Gasteiger partial charge is 0.497 e. The zero-order valence-electron chi connectivity index (χ0n) is 10.3. The summed E-state index contributed by atoms with van der Waals surface area (Å²) < 4.78 is 46.7. The number of hydrogen-bond donors (Lipinski definition) is 0. The zero-order valence-corrected chi connectivity index (χ0v) is 11.9. The van der Waals surface area contributed by atoms with Gasteiger partial charge >= 0.3 is 6.18 Å². The minimum absolute atomic E-state index is 0.0903. The van der Waals surface area contributed by atoms with Crippen LogP contribution >= 0.6 is 15.9 Å². The van der Waals surface area contributed by atoms with Crippen LogP contribution < -0.4 is 9.47 Å². The normalized spacial score (nSPS) is 11.3. The monoisotopic (exact) mass is 340 g/mol. The van der Waals surface area contributed by atoms with Gasteiger partial charge in [-0.05, 0) is 22.0 Å². The van der Waals surface area contributed by atoms with Crippen LogP contribution in [0.1, 0.15) is 23.2 Å². The summed E-state index contributed by atoms with van der Waals surface area (Å²) in [6.07, 6.45) is -6.14. The van der Waals surface area contributed by atoms with Gasteiger partial charge in [0.25, 0.3) is 0 Å². The van der Waals surface area contributed by atoms with Crippen molar-refractivity contribution in [3.63, 3.8) is 0 Å². The van der Waals surface area contributed by atoms with Crippen molar-refractivity contribution in [3.05, 3.63) is 22.2 Å². The molecule has 0 atom stereocenters. The highest BCUT2D eigenvalue weighted by Gasteiger charge is 2.29. The number of halogens is 4. The molecule has 0 aliphatic carbocycles. The van der Waals surface area contributed by atoms with Crippen LogP contribution in [0.25, 0.3) is 0 Å². The van der Waals surface area contributed by atoms with Gasteiger partial charge in [-0.3, -0.25) is 4.79 Å². The number of Topliss-reactive ketones (excluding diaryl/α,β-unsaturated/α-hetero) is 1. The van der Waals surface area contributed by atoms with E-state index in [1.165, 1.54) is 26.4 Å². The van der Waals surface area contributed by atoms with Crippen LogP contribution in [0.4, 0.5) is 13.2 Å². The van der Waals surface area contributed by atoms with E-state index in [0.717, 1.165) is 0 Å². The highest BCUT2D eigenvalue weighted by molar-refractivity contribution is 9.10. The first-order valence-electron chi connectivity index (χ1n) is 5.30. The number of ether oxygens (including phenoxy) is 2. The third-order valence-corrected chi connectivity index (χ3v) is 3.02. The molecule has 0 N–H and O–H groups in total. The van der Waals surface area contributed by atoms with Gasteiger partial charge in [0.2, 0.25) is 0 Å². The van der Waals surface area contributed by atoms with Crippen molar-refractivity contribution in [2.24, 2.45) is 0 Å². The molecule has 7 heteroatoms. The lowest BCUT2D eigenvalue weighted by Crippen LogP contribution is -2.12. The molecule has 0 fully saturated rings. The van der Waals surface area contributed by atoms with Gasteiger partial charge in [0.05, 0.1) is 26.2 Å². The van der Waals surface area contributed by atoms with Gasteiger partial charge in [-0.1, -0.05) is 0 Å².